The lowest BCUT2D eigenvalue weighted by Gasteiger charge is -2.18. The van der Waals surface area contributed by atoms with Gasteiger partial charge in [0.15, 0.2) is 0 Å². The zero-order valence-electron chi connectivity index (χ0n) is 11.0. The Labute approximate surface area is 118 Å². The van der Waals surface area contributed by atoms with Gasteiger partial charge < -0.3 is 4.62 Å². The molecule has 0 saturated heterocycles. The molecule has 0 unspecified atom stereocenters. The Balaban J connectivity index is 2.78. The van der Waals surface area contributed by atoms with Gasteiger partial charge in [-0.15, -0.1) is 0 Å². The summed E-state index contributed by atoms with van der Waals surface area (Å²) in [4.78, 5) is 0. The first-order valence-corrected chi connectivity index (χ1v) is 8.58. The van der Waals surface area contributed by atoms with Crippen molar-refractivity contribution in [1.29, 1.82) is 5.26 Å². The quantitative estimate of drug-likeness (QED) is 0.532. The average Bonchev–Trinajstić information content (AvgIpc) is 2.39. The maximum atomic E-state index is 8.76. The highest BCUT2D eigenvalue weighted by atomic mass is 32.5. The molecule has 0 heterocycles. The summed E-state index contributed by atoms with van der Waals surface area (Å²) in [5.74, 6) is 0. The number of hydrogen-bond donors (Lipinski definition) is 0. The lowest BCUT2D eigenvalue weighted by Crippen LogP contribution is -2.06. The predicted molar refractivity (Wildman–Crippen MR) is 78.1 cm³/mol. The Hall–Kier alpha value is -0.990. The summed E-state index contributed by atoms with van der Waals surface area (Å²) in [6, 6.07) is 2.10. The van der Waals surface area contributed by atoms with Crippen LogP contribution in [0, 0.1) is 11.3 Å². The fraction of sp³-hybridized carbons (Fsp3) is 0.500. The van der Waals surface area contributed by atoms with Gasteiger partial charge in [0.05, 0.1) is 31.4 Å². The Morgan fingerprint density at radius 2 is 2.11 bits per heavy atom. The summed E-state index contributed by atoms with van der Waals surface area (Å²) in [7, 11) is 0. The molecule has 0 aromatic carbocycles. The Morgan fingerprint density at radius 1 is 1.42 bits per heavy atom. The molecule has 0 aromatic rings. The lowest BCUT2D eigenvalue weighted by atomic mass is 10.0. The van der Waals surface area contributed by atoms with Crippen molar-refractivity contribution in [2.75, 3.05) is 13.2 Å². The van der Waals surface area contributed by atoms with Crippen LogP contribution in [0.15, 0.2) is 29.0 Å². The number of hydrogen-bond acceptors (Lipinski definition) is 6. The number of nitriles is 1. The van der Waals surface area contributed by atoms with Crippen LogP contribution in [0.4, 0.5) is 0 Å². The molecule has 1 rings (SSSR count). The number of allylic oxidation sites excluding steroid dienone is 4. The van der Waals surface area contributed by atoms with Crippen molar-refractivity contribution in [3.8, 4) is 6.07 Å². The second kappa shape index (κ2) is 8.23. The van der Waals surface area contributed by atoms with Gasteiger partial charge in [0.1, 0.15) is 0 Å². The molecule has 0 aliphatic heterocycles. The minimum absolute atomic E-state index is 0.290. The van der Waals surface area contributed by atoms with Gasteiger partial charge in [-0.3, -0.25) is 9.05 Å². The molecule has 5 nitrogen and oxygen atoms in total. The van der Waals surface area contributed by atoms with Gasteiger partial charge in [-0.25, -0.2) is 0 Å². The summed E-state index contributed by atoms with van der Waals surface area (Å²) in [5, 5.41) is 12.8. The number of oxime groups is 1. The highest BCUT2D eigenvalue weighted by molar-refractivity contribution is 8.07. The van der Waals surface area contributed by atoms with E-state index in [0.29, 0.717) is 31.8 Å². The maximum Gasteiger partial charge on any atom is 0.402 e. The predicted octanol–water partition coefficient (Wildman–Crippen LogP) is 3.46. The van der Waals surface area contributed by atoms with Gasteiger partial charge in [0.25, 0.3) is 0 Å². The third-order valence-electron chi connectivity index (χ3n) is 2.21. The molecular formula is C12H17N2O3PS. The summed E-state index contributed by atoms with van der Waals surface area (Å²) in [5.41, 5.74) is 1.53. The number of nitrogens with zero attached hydrogens (tertiary/aromatic N) is 2. The van der Waals surface area contributed by atoms with Crippen LogP contribution in [-0.4, -0.2) is 18.9 Å². The second-order valence-corrected chi connectivity index (χ2v) is 6.48. The lowest BCUT2D eigenvalue weighted by molar-refractivity contribution is 0.171. The molecule has 0 radical (unpaired) electrons. The fourth-order valence-corrected chi connectivity index (χ4v) is 3.17. The highest BCUT2D eigenvalue weighted by Crippen LogP contribution is 2.50. The van der Waals surface area contributed by atoms with Gasteiger partial charge in [-0.2, -0.15) is 5.26 Å². The monoisotopic (exact) mass is 300 g/mol. The standard InChI is InChI=1S/C12H17N2O3PS/c1-3-15-18(19,16-4-2)17-14-12-8-6-5-7-11(12)9-10-13/h5-7H,3-4,8-9H2,1-2H3. The first-order chi connectivity index (χ1) is 9.15. The van der Waals surface area contributed by atoms with Gasteiger partial charge in [-0.05, 0) is 19.4 Å². The largest absolute Gasteiger partial charge is 0.402 e. The molecule has 0 amide bonds. The van der Waals surface area contributed by atoms with Gasteiger partial charge >= 0.3 is 6.72 Å². The van der Waals surface area contributed by atoms with E-state index in [-0.39, 0.29) is 0 Å². The fourth-order valence-electron chi connectivity index (χ4n) is 1.43. The third kappa shape index (κ3) is 5.25. The van der Waals surface area contributed by atoms with E-state index in [1.54, 1.807) is 0 Å². The van der Waals surface area contributed by atoms with E-state index in [1.165, 1.54) is 0 Å². The van der Waals surface area contributed by atoms with Crippen molar-refractivity contribution in [3.05, 3.63) is 23.8 Å². The van der Waals surface area contributed by atoms with Crippen molar-refractivity contribution in [3.63, 3.8) is 0 Å². The molecule has 104 valence electrons. The van der Waals surface area contributed by atoms with Crippen LogP contribution in [0.3, 0.4) is 0 Å². The molecule has 0 atom stereocenters. The summed E-state index contributed by atoms with van der Waals surface area (Å²) >= 11 is 5.21. The Bertz CT molecular complexity index is 470. The Kier molecular flexibility index (Phi) is 6.96. The van der Waals surface area contributed by atoms with Crippen LogP contribution >= 0.6 is 6.72 Å². The van der Waals surface area contributed by atoms with Gasteiger partial charge in [0.2, 0.25) is 0 Å². The van der Waals surface area contributed by atoms with Crippen molar-refractivity contribution < 1.29 is 13.7 Å². The molecule has 0 aromatic heterocycles. The Morgan fingerprint density at radius 3 is 2.68 bits per heavy atom. The SMILES string of the molecule is CCOP(=S)(OCC)ON=C1CC=CC=C1CC#N. The van der Waals surface area contributed by atoms with Crippen LogP contribution in [-0.2, 0) is 25.5 Å². The summed E-state index contributed by atoms with van der Waals surface area (Å²) in [6.07, 6.45) is 6.58. The van der Waals surface area contributed by atoms with Crippen molar-refractivity contribution >= 4 is 24.2 Å². The van der Waals surface area contributed by atoms with E-state index in [9.17, 15) is 0 Å². The van der Waals surface area contributed by atoms with E-state index < -0.39 is 6.72 Å². The smallest absolute Gasteiger partial charge is 0.313 e. The maximum absolute atomic E-state index is 8.76. The van der Waals surface area contributed by atoms with Crippen LogP contribution in [0.5, 0.6) is 0 Å². The molecule has 0 N–H and O–H groups in total. The minimum Gasteiger partial charge on any atom is -0.313 e. The molecule has 7 heteroatoms. The van der Waals surface area contributed by atoms with E-state index in [0.717, 1.165) is 5.57 Å². The molecule has 0 fully saturated rings. The van der Waals surface area contributed by atoms with Gasteiger partial charge in [-0.1, -0.05) is 23.4 Å². The van der Waals surface area contributed by atoms with Gasteiger partial charge in [0, 0.05) is 18.2 Å². The zero-order valence-corrected chi connectivity index (χ0v) is 12.7. The van der Waals surface area contributed by atoms with Crippen molar-refractivity contribution in [2.45, 2.75) is 26.7 Å². The summed E-state index contributed by atoms with van der Waals surface area (Å²) in [6.45, 7) is 1.63. The summed E-state index contributed by atoms with van der Waals surface area (Å²) < 4.78 is 16.0. The van der Waals surface area contributed by atoms with Crippen molar-refractivity contribution in [2.24, 2.45) is 5.16 Å². The van der Waals surface area contributed by atoms with Crippen LogP contribution in [0.1, 0.15) is 26.7 Å². The zero-order chi connectivity index (χ0) is 14.1. The first kappa shape index (κ1) is 16.1. The van der Waals surface area contributed by atoms with E-state index in [4.69, 9.17) is 30.7 Å². The molecule has 0 spiro atoms. The van der Waals surface area contributed by atoms with E-state index >= 15 is 0 Å². The van der Waals surface area contributed by atoms with Crippen molar-refractivity contribution in [1.82, 2.24) is 0 Å². The second-order valence-electron chi connectivity index (χ2n) is 3.56. The normalized spacial score (nSPS) is 17.1. The van der Waals surface area contributed by atoms with E-state index in [2.05, 4.69) is 11.2 Å². The minimum atomic E-state index is -2.82. The number of rotatable bonds is 7. The van der Waals surface area contributed by atoms with Crippen LogP contribution < -0.4 is 0 Å². The molecule has 0 bridgehead atoms. The average molecular weight is 300 g/mol. The van der Waals surface area contributed by atoms with E-state index in [1.807, 2.05) is 32.1 Å². The van der Waals surface area contributed by atoms with Crippen LogP contribution in [0.2, 0.25) is 0 Å². The molecule has 1 aliphatic rings. The third-order valence-corrected chi connectivity index (χ3v) is 4.47. The van der Waals surface area contributed by atoms with Crippen LogP contribution in [0.25, 0.3) is 0 Å². The topological polar surface area (TPSA) is 63.8 Å². The first-order valence-electron chi connectivity index (χ1n) is 6.03. The highest BCUT2D eigenvalue weighted by Gasteiger charge is 2.21. The molecule has 19 heavy (non-hydrogen) atoms. The molecule has 0 saturated carbocycles. The molecule has 1 aliphatic carbocycles. The molecular weight excluding hydrogens is 283 g/mol.